The molecule has 4 nitrogen and oxygen atoms in total. The Balaban J connectivity index is 1.87. The molecular weight excluding hydrogens is 274 g/mol. The normalized spacial score (nSPS) is 10.6. The fraction of sp³-hybridized carbons (Fsp3) is 0.200. The second-order valence-electron chi connectivity index (χ2n) is 4.55. The third kappa shape index (κ3) is 4.33. The number of anilines is 1. The van der Waals surface area contributed by atoms with E-state index in [1.54, 1.807) is 18.3 Å². The second kappa shape index (κ2) is 7.03. The molecule has 1 heterocycles. The Morgan fingerprint density at radius 2 is 2.00 bits per heavy atom. The van der Waals surface area contributed by atoms with Crippen LogP contribution in [0.15, 0.2) is 48.7 Å². The summed E-state index contributed by atoms with van der Waals surface area (Å²) in [5, 5.41) is 3.05. The van der Waals surface area contributed by atoms with Crippen molar-refractivity contribution in [3.8, 4) is 0 Å². The van der Waals surface area contributed by atoms with Crippen LogP contribution in [0.3, 0.4) is 0 Å². The minimum Gasteiger partial charge on any atom is -0.322 e. The number of carbonyl (C=O) groups is 1. The van der Waals surface area contributed by atoms with Gasteiger partial charge in [0.25, 0.3) is 0 Å². The fourth-order valence-electron chi connectivity index (χ4n) is 1.87. The molecule has 1 amide bonds. The molecule has 1 N–H and O–H groups in total. The van der Waals surface area contributed by atoms with E-state index < -0.39 is 0 Å². The molecule has 20 heavy (non-hydrogen) atoms. The van der Waals surface area contributed by atoms with Crippen LogP contribution in [0.5, 0.6) is 0 Å². The number of amides is 1. The average Bonchev–Trinajstić information content (AvgIpc) is 2.42. The highest BCUT2D eigenvalue weighted by molar-refractivity contribution is 6.32. The monoisotopic (exact) mass is 289 g/mol. The molecule has 2 aromatic rings. The van der Waals surface area contributed by atoms with Crippen molar-refractivity contribution in [2.24, 2.45) is 0 Å². The van der Waals surface area contributed by atoms with Gasteiger partial charge in [-0.05, 0) is 24.7 Å². The third-order valence-electron chi connectivity index (χ3n) is 2.74. The number of benzene rings is 1. The van der Waals surface area contributed by atoms with E-state index in [4.69, 9.17) is 11.6 Å². The van der Waals surface area contributed by atoms with E-state index in [1.165, 1.54) is 5.56 Å². The van der Waals surface area contributed by atoms with Gasteiger partial charge in [-0.2, -0.15) is 0 Å². The molecule has 0 spiro atoms. The molecule has 0 saturated carbocycles. The molecule has 0 aliphatic carbocycles. The number of carbonyl (C=O) groups excluding carboxylic acids is 1. The zero-order valence-electron chi connectivity index (χ0n) is 11.2. The van der Waals surface area contributed by atoms with Crippen LogP contribution in [-0.4, -0.2) is 29.4 Å². The molecule has 0 aliphatic heterocycles. The highest BCUT2D eigenvalue weighted by Gasteiger charge is 2.09. The lowest BCUT2D eigenvalue weighted by Gasteiger charge is -2.16. The van der Waals surface area contributed by atoms with Crippen molar-refractivity contribution in [3.63, 3.8) is 0 Å². The number of nitrogens with one attached hydrogen (secondary N) is 1. The highest BCUT2D eigenvalue weighted by Crippen LogP contribution is 2.17. The average molecular weight is 290 g/mol. The van der Waals surface area contributed by atoms with E-state index >= 15 is 0 Å². The molecule has 0 unspecified atom stereocenters. The SMILES string of the molecule is CN(CC(=O)Nc1cccnc1Cl)Cc1ccccc1. The van der Waals surface area contributed by atoms with Gasteiger partial charge < -0.3 is 5.32 Å². The van der Waals surface area contributed by atoms with Crippen molar-refractivity contribution >= 4 is 23.2 Å². The van der Waals surface area contributed by atoms with Gasteiger partial charge in [-0.25, -0.2) is 4.98 Å². The lowest BCUT2D eigenvalue weighted by molar-refractivity contribution is -0.117. The Kier molecular flexibility index (Phi) is 5.09. The van der Waals surface area contributed by atoms with Gasteiger partial charge in [0.05, 0.1) is 12.2 Å². The summed E-state index contributed by atoms with van der Waals surface area (Å²) in [5.74, 6) is -0.113. The molecule has 1 aromatic heterocycles. The number of pyridine rings is 1. The Labute approximate surface area is 123 Å². The van der Waals surface area contributed by atoms with Crippen molar-refractivity contribution in [3.05, 3.63) is 59.4 Å². The second-order valence-corrected chi connectivity index (χ2v) is 4.91. The Morgan fingerprint density at radius 1 is 1.25 bits per heavy atom. The number of hydrogen-bond acceptors (Lipinski definition) is 3. The van der Waals surface area contributed by atoms with Gasteiger partial charge in [-0.15, -0.1) is 0 Å². The molecule has 1 aromatic carbocycles. The molecule has 0 radical (unpaired) electrons. The van der Waals surface area contributed by atoms with Gasteiger partial charge in [0.15, 0.2) is 5.15 Å². The largest absolute Gasteiger partial charge is 0.322 e. The van der Waals surface area contributed by atoms with Crippen molar-refractivity contribution in [2.75, 3.05) is 18.9 Å². The molecule has 0 saturated heterocycles. The number of likely N-dealkylation sites (N-methyl/N-ethyl adjacent to an activating group) is 1. The van der Waals surface area contributed by atoms with Gasteiger partial charge >= 0.3 is 0 Å². The lowest BCUT2D eigenvalue weighted by Crippen LogP contribution is -2.29. The Bertz CT molecular complexity index is 574. The first-order valence-corrected chi connectivity index (χ1v) is 6.66. The molecule has 2 rings (SSSR count). The van der Waals surface area contributed by atoms with Crippen molar-refractivity contribution in [2.45, 2.75) is 6.54 Å². The standard InChI is InChI=1S/C15H16ClN3O/c1-19(10-12-6-3-2-4-7-12)11-14(20)18-13-8-5-9-17-15(13)16/h2-9H,10-11H2,1H3,(H,18,20). The molecule has 0 atom stereocenters. The molecule has 0 bridgehead atoms. The summed E-state index contributed by atoms with van der Waals surface area (Å²) < 4.78 is 0. The van der Waals surface area contributed by atoms with Crippen molar-refractivity contribution in [1.29, 1.82) is 0 Å². The molecule has 0 fully saturated rings. The van der Waals surface area contributed by atoms with E-state index in [1.807, 2.05) is 42.3 Å². The van der Waals surface area contributed by atoms with Crippen molar-refractivity contribution in [1.82, 2.24) is 9.88 Å². The molecular formula is C15H16ClN3O. The van der Waals surface area contributed by atoms with Crippen LogP contribution < -0.4 is 5.32 Å². The number of nitrogens with zero attached hydrogens (tertiary/aromatic N) is 2. The van der Waals surface area contributed by atoms with Crippen LogP contribution >= 0.6 is 11.6 Å². The first-order chi connectivity index (χ1) is 9.65. The summed E-state index contributed by atoms with van der Waals surface area (Å²) in [6, 6.07) is 13.5. The Morgan fingerprint density at radius 3 is 2.70 bits per heavy atom. The van der Waals surface area contributed by atoms with E-state index in [9.17, 15) is 4.79 Å². The van der Waals surface area contributed by atoms with Gasteiger partial charge in [0.1, 0.15) is 0 Å². The highest BCUT2D eigenvalue weighted by atomic mass is 35.5. The maximum atomic E-state index is 11.9. The summed E-state index contributed by atoms with van der Waals surface area (Å²) in [6.45, 7) is 1.01. The summed E-state index contributed by atoms with van der Waals surface area (Å²) in [4.78, 5) is 17.8. The smallest absolute Gasteiger partial charge is 0.238 e. The summed E-state index contributed by atoms with van der Waals surface area (Å²) in [7, 11) is 1.90. The van der Waals surface area contributed by atoms with Crippen LogP contribution in [0.1, 0.15) is 5.56 Å². The fourth-order valence-corrected chi connectivity index (χ4v) is 2.03. The van der Waals surface area contributed by atoms with Crippen molar-refractivity contribution < 1.29 is 4.79 Å². The predicted octanol–water partition coefficient (Wildman–Crippen LogP) is 2.81. The maximum Gasteiger partial charge on any atom is 0.238 e. The third-order valence-corrected chi connectivity index (χ3v) is 3.04. The zero-order chi connectivity index (χ0) is 14.4. The van der Waals surface area contributed by atoms with Crippen LogP contribution in [0.25, 0.3) is 0 Å². The predicted molar refractivity (Wildman–Crippen MR) is 80.7 cm³/mol. The summed E-state index contributed by atoms with van der Waals surface area (Å²) in [6.07, 6.45) is 1.58. The molecule has 0 aliphatic rings. The number of aromatic nitrogens is 1. The zero-order valence-corrected chi connectivity index (χ0v) is 12.0. The minimum atomic E-state index is -0.113. The Hall–Kier alpha value is -1.91. The van der Waals surface area contributed by atoms with E-state index in [0.29, 0.717) is 17.4 Å². The molecule has 5 heteroatoms. The van der Waals surface area contributed by atoms with Crippen LogP contribution in [0, 0.1) is 0 Å². The van der Waals surface area contributed by atoms with E-state index in [0.717, 1.165) is 6.54 Å². The van der Waals surface area contributed by atoms with Gasteiger partial charge in [-0.3, -0.25) is 9.69 Å². The minimum absolute atomic E-state index is 0.113. The summed E-state index contributed by atoms with van der Waals surface area (Å²) in [5.41, 5.74) is 1.70. The first-order valence-electron chi connectivity index (χ1n) is 6.28. The summed E-state index contributed by atoms with van der Waals surface area (Å²) >= 11 is 5.90. The van der Waals surface area contributed by atoms with Gasteiger partial charge in [0.2, 0.25) is 5.91 Å². The number of halogens is 1. The van der Waals surface area contributed by atoms with Crippen LogP contribution in [0.4, 0.5) is 5.69 Å². The van der Waals surface area contributed by atoms with E-state index in [-0.39, 0.29) is 5.91 Å². The number of hydrogen-bond donors (Lipinski definition) is 1. The topological polar surface area (TPSA) is 45.2 Å². The maximum absolute atomic E-state index is 11.9. The van der Waals surface area contributed by atoms with Gasteiger partial charge in [0, 0.05) is 12.7 Å². The van der Waals surface area contributed by atoms with Gasteiger partial charge in [-0.1, -0.05) is 41.9 Å². The van der Waals surface area contributed by atoms with Crippen LogP contribution in [0.2, 0.25) is 5.15 Å². The van der Waals surface area contributed by atoms with E-state index in [2.05, 4.69) is 10.3 Å². The quantitative estimate of drug-likeness (QED) is 0.861. The van der Waals surface area contributed by atoms with Crippen LogP contribution in [-0.2, 0) is 11.3 Å². The number of rotatable bonds is 5. The lowest BCUT2D eigenvalue weighted by atomic mass is 10.2. The first kappa shape index (κ1) is 14.5. The molecule has 104 valence electrons.